The molecule has 4 aromatic rings. The molecule has 0 spiro atoms. The molecule has 4 rings (SSSR count). The Morgan fingerprint density at radius 1 is 1.11 bits per heavy atom. The zero-order chi connectivity index (χ0) is 25.3. The first-order valence-corrected chi connectivity index (χ1v) is 12.2. The van der Waals surface area contributed by atoms with Gasteiger partial charge in [0, 0.05) is 11.1 Å². The number of hydrogen-bond acceptors (Lipinski definition) is 7. The van der Waals surface area contributed by atoms with Gasteiger partial charge in [0.15, 0.2) is 6.10 Å². The first-order valence-electron chi connectivity index (χ1n) is 11.0. The van der Waals surface area contributed by atoms with E-state index < -0.39 is 23.8 Å². The minimum atomic E-state index is -1.10. The summed E-state index contributed by atoms with van der Waals surface area (Å²) in [6.45, 7) is 6.79. The van der Waals surface area contributed by atoms with E-state index in [0.29, 0.717) is 43.3 Å². The molecule has 1 aromatic carbocycles. The van der Waals surface area contributed by atoms with Crippen LogP contribution in [-0.2, 0) is 9.47 Å². The number of H-pyrrole nitrogens is 1. The molecule has 0 fully saturated rings. The van der Waals surface area contributed by atoms with Gasteiger partial charge in [0.05, 0.1) is 43.9 Å². The summed E-state index contributed by atoms with van der Waals surface area (Å²) in [5.74, 6) is -1.61. The number of Topliss-reactive ketones (excluding diaryl/α,β-unsaturated/α-hetero) is 1. The number of hydrogen-bond donors (Lipinski definition) is 1. The fourth-order valence-corrected chi connectivity index (χ4v) is 4.91. The summed E-state index contributed by atoms with van der Waals surface area (Å²) in [5, 5.41) is 0.611. The lowest BCUT2D eigenvalue weighted by atomic mass is 10.1. The van der Waals surface area contributed by atoms with Gasteiger partial charge in [-0.15, -0.1) is 11.3 Å². The molecule has 0 bridgehead atoms. The highest BCUT2D eigenvalue weighted by Gasteiger charge is 2.28. The number of aromatic nitrogens is 2. The third-order valence-corrected chi connectivity index (χ3v) is 6.83. The van der Waals surface area contributed by atoms with Crippen LogP contribution >= 0.6 is 22.9 Å². The number of rotatable bonds is 7. The number of benzene rings is 1. The molecule has 0 aliphatic heterocycles. The Bertz CT molecular complexity index is 1460. The molecule has 180 valence electrons. The predicted octanol–water partition coefficient (Wildman–Crippen LogP) is 6.17. The standard InChI is InChI=1S/C26H23ClN2O5S/c1-5-33-26(32)22-13(2)23(28-14(22)3)24(30)15(4)34-25(31)17-12-19(20-10-11-21(27)35-20)29-18-9-7-6-8-16(17)18/h6-12,15,28H,5H2,1-4H3. The van der Waals surface area contributed by atoms with Gasteiger partial charge in [-0.2, -0.15) is 0 Å². The van der Waals surface area contributed by atoms with Crippen molar-refractivity contribution in [2.24, 2.45) is 0 Å². The molecule has 0 aliphatic rings. The summed E-state index contributed by atoms with van der Waals surface area (Å²) in [6, 6.07) is 12.5. The molecular formula is C26H23ClN2O5S. The average molecular weight is 511 g/mol. The van der Waals surface area contributed by atoms with Gasteiger partial charge in [-0.05, 0) is 57.5 Å². The van der Waals surface area contributed by atoms with E-state index in [1.165, 1.54) is 18.3 Å². The monoisotopic (exact) mass is 510 g/mol. The summed E-state index contributed by atoms with van der Waals surface area (Å²) in [6.07, 6.45) is -1.10. The molecular weight excluding hydrogens is 488 g/mol. The normalized spacial score (nSPS) is 11.9. The molecule has 35 heavy (non-hydrogen) atoms. The van der Waals surface area contributed by atoms with Crippen LogP contribution in [0, 0.1) is 13.8 Å². The third kappa shape index (κ3) is 4.85. The topological polar surface area (TPSA) is 98.4 Å². The number of aryl methyl sites for hydroxylation is 1. The summed E-state index contributed by atoms with van der Waals surface area (Å²) in [7, 11) is 0. The number of thiophene rings is 1. The summed E-state index contributed by atoms with van der Waals surface area (Å²) >= 11 is 7.44. The second kappa shape index (κ2) is 10.0. The molecule has 0 saturated heterocycles. The van der Waals surface area contributed by atoms with Crippen molar-refractivity contribution in [2.45, 2.75) is 33.8 Å². The van der Waals surface area contributed by atoms with Crippen LogP contribution in [0.25, 0.3) is 21.5 Å². The number of pyridine rings is 1. The minimum Gasteiger partial charge on any atom is -0.462 e. The number of nitrogens with zero attached hydrogens (tertiary/aromatic N) is 1. The molecule has 0 aliphatic carbocycles. The van der Waals surface area contributed by atoms with Crippen LogP contribution in [0.5, 0.6) is 0 Å². The highest BCUT2D eigenvalue weighted by molar-refractivity contribution is 7.19. The number of carbonyl (C=O) groups is 3. The van der Waals surface area contributed by atoms with Gasteiger partial charge in [0.2, 0.25) is 5.78 Å². The number of halogens is 1. The fourth-order valence-electron chi connectivity index (χ4n) is 3.91. The number of esters is 2. The maximum atomic E-state index is 13.2. The van der Waals surface area contributed by atoms with Crippen molar-refractivity contribution in [3.63, 3.8) is 0 Å². The summed E-state index contributed by atoms with van der Waals surface area (Å²) in [5.41, 5.74) is 2.99. The lowest BCUT2D eigenvalue weighted by Crippen LogP contribution is -2.25. The van der Waals surface area contributed by atoms with Gasteiger partial charge < -0.3 is 14.5 Å². The Balaban J connectivity index is 1.64. The Labute approximate surface area is 211 Å². The molecule has 3 aromatic heterocycles. The van der Waals surface area contributed by atoms with Crippen LogP contribution in [0.1, 0.15) is 56.3 Å². The number of carbonyl (C=O) groups excluding carboxylic acids is 3. The minimum absolute atomic E-state index is 0.208. The highest BCUT2D eigenvalue weighted by atomic mass is 35.5. The van der Waals surface area contributed by atoms with Crippen molar-refractivity contribution in [1.29, 1.82) is 0 Å². The number of para-hydroxylation sites is 1. The lowest BCUT2D eigenvalue weighted by Gasteiger charge is -2.14. The molecule has 0 saturated carbocycles. The van der Waals surface area contributed by atoms with E-state index in [2.05, 4.69) is 9.97 Å². The van der Waals surface area contributed by atoms with Crippen molar-refractivity contribution in [2.75, 3.05) is 6.61 Å². The maximum Gasteiger partial charge on any atom is 0.340 e. The van der Waals surface area contributed by atoms with Crippen LogP contribution in [0.3, 0.4) is 0 Å². The van der Waals surface area contributed by atoms with Crippen LogP contribution in [0.2, 0.25) is 4.34 Å². The predicted molar refractivity (Wildman–Crippen MR) is 135 cm³/mol. The Morgan fingerprint density at radius 3 is 2.54 bits per heavy atom. The third-order valence-electron chi connectivity index (χ3n) is 5.58. The largest absolute Gasteiger partial charge is 0.462 e. The van der Waals surface area contributed by atoms with E-state index in [0.717, 1.165) is 4.88 Å². The van der Waals surface area contributed by atoms with E-state index >= 15 is 0 Å². The van der Waals surface area contributed by atoms with Crippen LogP contribution < -0.4 is 0 Å². The van der Waals surface area contributed by atoms with Crippen molar-refractivity contribution >= 4 is 51.6 Å². The van der Waals surface area contributed by atoms with Crippen molar-refractivity contribution in [3.8, 4) is 10.6 Å². The molecule has 1 N–H and O–H groups in total. The first kappa shape index (κ1) is 24.6. The van der Waals surface area contributed by atoms with Crippen molar-refractivity contribution in [1.82, 2.24) is 9.97 Å². The quantitative estimate of drug-likeness (QED) is 0.236. The zero-order valence-corrected chi connectivity index (χ0v) is 21.2. The Morgan fingerprint density at radius 2 is 1.86 bits per heavy atom. The van der Waals surface area contributed by atoms with Gasteiger partial charge in [0.25, 0.3) is 0 Å². The average Bonchev–Trinajstić information content (AvgIpc) is 3.40. The molecule has 9 heteroatoms. The van der Waals surface area contributed by atoms with E-state index in [1.807, 2.05) is 12.1 Å². The zero-order valence-electron chi connectivity index (χ0n) is 19.6. The van der Waals surface area contributed by atoms with Crippen LogP contribution in [0.15, 0.2) is 42.5 Å². The van der Waals surface area contributed by atoms with Crippen LogP contribution in [-0.4, -0.2) is 40.4 Å². The molecule has 0 amide bonds. The smallest absolute Gasteiger partial charge is 0.340 e. The first-order chi connectivity index (χ1) is 16.7. The van der Waals surface area contributed by atoms with Crippen molar-refractivity contribution < 1.29 is 23.9 Å². The number of ketones is 1. The Hall–Kier alpha value is -3.49. The van der Waals surface area contributed by atoms with E-state index in [1.54, 1.807) is 51.1 Å². The number of nitrogens with one attached hydrogen (secondary N) is 1. The maximum absolute atomic E-state index is 13.2. The molecule has 0 radical (unpaired) electrons. The lowest BCUT2D eigenvalue weighted by molar-refractivity contribution is 0.0318. The van der Waals surface area contributed by atoms with Gasteiger partial charge in [-0.3, -0.25) is 4.79 Å². The van der Waals surface area contributed by atoms with Crippen LogP contribution in [0.4, 0.5) is 0 Å². The molecule has 3 heterocycles. The summed E-state index contributed by atoms with van der Waals surface area (Å²) in [4.78, 5) is 47.1. The highest BCUT2D eigenvalue weighted by Crippen LogP contribution is 2.32. The van der Waals surface area contributed by atoms with Gasteiger partial charge >= 0.3 is 11.9 Å². The van der Waals surface area contributed by atoms with Crippen molar-refractivity contribution in [3.05, 3.63) is 74.9 Å². The molecule has 1 atom stereocenters. The summed E-state index contributed by atoms with van der Waals surface area (Å²) < 4.78 is 11.3. The van der Waals surface area contributed by atoms with E-state index in [9.17, 15) is 14.4 Å². The van der Waals surface area contributed by atoms with E-state index in [4.69, 9.17) is 21.1 Å². The SMILES string of the molecule is CCOC(=O)c1c(C)[nH]c(C(=O)C(C)OC(=O)c2cc(-c3ccc(Cl)s3)nc3ccccc23)c1C. The fraction of sp³-hybridized carbons (Fsp3) is 0.231. The number of aromatic amines is 1. The van der Waals surface area contributed by atoms with Gasteiger partial charge in [-0.1, -0.05) is 29.8 Å². The second-order valence-corrected chi connectivity index (χ2v) is 9.65. The van der Waals surface area contributed by atoms with Gasteiger partial charge in [-0.25, -0.2) is 14.6 Å². The molecule has 1 unspecified atom stereocenters. The number of ether oxygens (including phenoxy) is 2. The number of fused-ring (bicyclic) bond motifs is 1. The second-order valence-electron chi connectivity index (χ2n) is 7.93. The Kier molecular flexibility index (Phi) is 7.05. The van der Waals surface area contributed by atoms with Gasteiger partial charge in [0.1, 0.15) is 0 Å². The molecule has 7 nitrogen and oxygen atoms in total. The van der Waals surface area contributed by atoms with E-state index in [-0.39, 0.29) is 12.3 Å².